The van der Waals surface area contributed by atoms with Gasteiger partial charge in [0.25, 0.3) is 0 Å². The van der Waals surface area contributed by atoms with Gasteiger partial charge in [-0.3, -0.25) is 4.79 Å². The second-order valence-electron chi connectivity index (χ2n) is 5.13. The zero-order valence-electron chi connectivity index (χ0n) is 11.9. The molecule has 1 saturated carbocycles. The second kappa shape index (κ2) is 6.76. The number of carbonyl (C=O) groups excluding carboxylic acids is 1. The molecule has 0 spiro atoms. The van der Waals surface area contributed by atoms with Crippen LogP contribution in [0.2, 0.25) is 0 Å². The molecule has 0 radical (unpaired) electrons. The molecule has 0 bridgehead atoms. The Balaban J connectivity index is 2.14. The number of methoxy groups -OCH3 is 1. The maximum Gasteiger partial charge on any atom is 0.310 e. The topological polar surface area (TPSA) is 63.7 Å². The van der Waals surface area contributed by atoms with Gasteiger partial charge in [0.15, 0.2) is 0 Å². The molecule has 1 aromatic heterocycles. The van der Waals surface area contributed by atoms with Crippen LogP contribution < -0.4 is 0 Å². The molecule has 5 nitrogen and oxygen atoms in total. The smallest absolute Gasteiger partial charge is 0.310 e. The molecule has 1 aliphatic carbocycles. The summed E-state index contributed by atoms with van der Waals surface area (Å²) in [4.78, 5) is 12.7. The fourth-order valence-corrected chi connectivity index (χ4v) is 6.17. The third-order valence-corrected chi connectivity index (χ3v) is 7.78. The number of carbonyl (C=O) groups is 1. The van der Waals surface area contributed by atoms with E-state index in [9.17, 15) is 13.2 Å². The first kappa shape index (κ1) is 16.9. The first-order chi connectivity index (χ1) is 9.86. The number of hydrogen-bond donors (Lipinski definition) is 0. The third-order valence-electron chi connectivity index (χ3n) is 3.77. The molecule has 21 heavy (non-hydrogen) atoms. The van der Waals surface area contributed by atoms with Gasteiger partial charge in [-0.15, -0.1) is 11.3 Å². The van der Waals surface area contributed by atoms with E-state index in [2.05, 4.69) is 15.9 Å². The SMILES string of the molecule is COC(=O)C1CCCC1S(=O)(=O)N(C)Cc1cc(Br)cs1. The molecule has 0 aliphatic heterocycles. The Kier molecular flexibility index (Phi) is 5.45. The van der Waals surface area contributed by atoms with E-state index < -0.39 is 27.2 Å². The highest BCUT2D eigenvalue weighted by Crippen LogP contribution is 2.34. The normalized spacial score (nSPS) is 22.7. The number of nitrogens with zero attached hydrogens (tertiary/aromatic N) is 1. The van der Waals surface area contributed by atoms with E-state index in [0.29, 0.717) is 19.4 Å². The van der Waals surface area contributed by atoms with Crippen LogP contribution in [-0.2, 0) is 26.1 Å². The van der Waals surface area contributed by atoms with E-state index in [0.717, 1.165) is 15.8 Å². The van der Waals surface area contributed by atoms with Crippen molar-refractivity contribution in [3.05, 3.63) is 20.8 Å². The molecular weight excluding hydrogens is 378 g/mol. The number of ether oxygens (including phenoxy) is 1. The van der Waals surface area contributed by atoms with Crippen LogP contribution in [-0.4, -0.2) is 38.1 Å². The summed E-state index contributed by atoms with van der Waals surface area (Å²) in [5, 5.41) is 1.25. The summed E-state index contributed by atoms with van der Waals surface area (Å²) in [6, 6.07) is 1.91. The number of hydrogen-bond acceptors (Lipinski definition) is 5. The summed E-state index contributed by atoms with van der Waals surface area (Å²) >= 11 is 4.86. The molecule has 2 unspecified atom stereocenters. The van der Waals surface area contributed by atoms with Crippen LogP contribution in [0.1, 0.15) is 24.1 Å². The number of halogens is 1. The van der Waals surface area contributed by atoms with E-state index in [1.54, 1.807) is 7.05 Å². The van der Waals surface area contributed by atoms with Crippen molar-refractivity contribution in [2.45, 2.75) is 31.1 Å². The Morgan fingerprint density at radius 1 is 1.52 bits per heavy atom. The highest BCUT2D eigenvalue weighted by molar-refractivity contribution is 9.10. The maximum atomic E-state index is 12.7. The van der Waals surface area contributed by atoms with Crippen LogP contribution >= 0.6 is 27.3 Å². The summed E-state index contributed by atoms with van der Waals surface area (Å²) in [6.45, 7) is 0.322. The number of sulfonamides is 1. The standard InChI is InChI=1S/C13H18BrNO4S2/c1-15(7-10-6-9(14)8-20-10)21(17,18)12-5-3-4-11(12)13(16)19-2/h6,8,11-12H,3-5,7H2,1-2H3. The third kappa shape index (κ3) is 3.67. The Morgan fingerprint density at radius 3 is 2.81 bits per heavy atom. The van der Waals surface area contributed by atoms with Crippen LogP contribution in [0, 0.1) is 5.92 Å². The Labute approximate surface area is 137 Å². The predicted molar refractivity (Wildman–Crippen MR) is 85.6 cm³/mol. The number of thiophene rings is 1. The summed E-state index contributed by atoms with van der Waals surface area (Å²) < 4.78 is 32.4. The van der Waals surface area contributed by atoms with Gasteiger partial charge in [-0.25, -0.2) is 8.42 Å². The van der Waals surface area contributed by atoms with Gasteiger partial charge in [-0.1, -0.05) is 6.42 Å². The van der Waals surface area contributed by atoms with E-state index in [1.807, 2.05) is 11.4 Å². The largest absolute Gasteiger partial charge is 0.469 e. The zero-order valence-corrected chi connectivity index (χ0v) is 15.1. The molecule has 0 amide bonds. The minimum Gasteiger partial charge on any atom is -0.469 e. The van der Waals surface area contributed by atoms with Gasteiger partial charge >= 0.3 is 5.97 Å². The van der Waals surface area contributed by atoms with Crippen LogP contribution in [0.15, 0.2) is 15.9 Å². The fourth-order valence-electron chi connectivity index (χ4n) is 2.68. The van der Waals surface area contributed by atoms with Crippen molar-refractivity contribution in [3.8, 4) is 0 Å². The fraction of sp³-hybridized carbons (Fsp3) is 0.615. The maximum absolute atomic E-state index is 12.7. The minimum atomic E-state index is -3.51. The summed E-state index contributed by atoms with van der Waals surface area (Å²) in [5.74, 6) is -0.967. The zero-order chi connectivity index (χ0) is 15.6. The summed E-state index contributed by atoms with van der Waals surface area (Å²) in [5.41, 5.74) is 0. The van der Waals surface area contributed by atoms with Gasteiger partial charge in [0.2, 0.25) is 10.0 Å². The number of esters is 1. The van der Waals surface area contributed by atoms with Gasteiger partial charge < -0.3 is 4.74 Å². The van der Waals surface area contributed by atoms with E-state index >= 15 is 0 Å². The minimum absolute atomic E-state index is 0.322. The van der Waals surface area contributed by atoms with E-state index in [1.165, 1.54) is 22.8 Å². The Morgan fingerprint density at radius 2 is 2.24 bits per heavy atom. The highest BCUT2D eigenvalue weighted by atomic mass is 79.9. The molecule has 1 fully saturated rings. The van der Waals surface area contributed by atoms with Gasteiger partial charge in [-0.05, 0) is 34.8 Å². The molecule has 1 aromatic rings. The molecule has 8 heteroatoms. The van der Waals surface area contributed by atoms with Crippen LogP contribution in [0.25, 0.3) is 0 Å². The molecule has 2 atom stereocenters. The van der Waals surface area contributed by atoms with Gasteiger partial charge in [0, 0.05) is 28.3 Å². The van der Waals surface area contributed by atoms with E-state index in [4.69, 9.17) is 4.74 Å². The van der Waals surface area contributed by atoms with Crippen LogP contribution in [0.5, 0.6) is 0 Å². The lowest BCUT2D eigenvalue weighted by Gasteiger charge is -2.24. The summed E-state index contributed by atoms with van der Waals surface area (Å²) in [6.07, 6.45) is 1.83. The molecule has 1 aliphatic rings. The molecule has 0 saturated heterocycles. The van der Waals surface area contributed by atoms with Crippen molar-refractivity contribution in [2.75, 3.05) is 14.2 Å². The molecule has 0 N–H and O–H groups in total. The van der Waals surface area contributed by atoms with Crippen molar-refractivity contribution in [1.82, 2.24) is 4.31 Å². The quantitative estimate of drug-likeness (QED) is 0.718. The second-order valence-corrected chi connectivity index (χ2v) is 9.30. The highest BCUT2D eigenvalue weighted by Gasteiger charge is 2.43. The molecule has 2 rings (SSSR count). The Hall–Kier alpha value is -0.440. The number of rotatable bonds is 5. The lowest BCUT2D eigenvalue weighted by Crippen LogP contribution is -2.40. The average Bonchev–Trinajstić information content (AvgIpc) is 3.07. The van der Waals surface area contributed by atoms with Gasteiger partial charge in [0.05, 0.1) is 18.3 Å². The Bertz CT molecular complexity index is 613. The van der Waals surface area contributed by atoms with E-state index in [-0.39, 0.29) is 0 Å². The molecule has 1 heterocycles. The average molecular weight is 396 g/mol. The van der Waals surface area contributed by atoms with Crippen LogP contribution in [0.4, 0.5) is 0 Å². The van der Waals surface area contributed by atoms with Crippen molar-refractivity contribution >= 4 is 43.3 Å². The van der Waals surface area contributed by atoms with Crippen LogP contribution in [0.3, 0.4) is 0 Å². The van der Waals surface area contributed by atoms with Gasteiger partial charge in [-0.2, -0.15) is 4.31 Å². The lowest BCUT2D eigenvalue weighted by molar-refractivity contribution is -0.145. The van der Waals surface area contributed by atoms with Crippen molar-refractivity contribution < 1.29 is 17.9 Å². The molecule has 118 valence electrons. The monoisotopic (exact) mass is 395 g/mol. The molecular formula is C13H18BrNO4S2. The first-order valence-electron chi connectivity index (χ1n) is 6.62. The predicted octanol–water partition coefficient (Wildman–Crippen LogP) is 2.61. The lowest BCUT2D eigenvalue weighted by atomic mass is 10.1. The van der Waals surface area contributed by atoms with Gasteiger partial charge in [0.1, 0.15) is 0 Å². The first-order valence-corrected chi connectivity index (χ1v) is 9.79. The van der Waals surface area contributed by atoms with Crippen molar-refractivity contribution in [3.63, 3.8) is 0 Å². The summed E-state index contributed by atoms with van der Waals surface area (Å²) in [7, 11) is -0.640. The molecule has 0 aromatic carbocycles. The van der Waals surface area contributed by atoms with Crippen molar-refractivity contribution in [2.24, 2.45) is 5.92 Å². The van der Waals surface area contributed by atoms with Crippen molar-refractivity contribution in [1.29, 1.82) is 0 Å².